The van der Waals surface area contributed by atoms with E-state index >= 15 is 0 Å². The monoisotopic (exact) mass is 504 g/mol. The standard InChI is InChI=1S/C26H40N4O4S/c1-17-22(35-16-29-17)19-9-7-18(8-10-19)14-28-24(32)21-13-20(31)15-30(21)25(33)23(26(2,3)4)27-11-6-12-34-5/h7-10,16,20-21,23,25,27,31,33H,6,11-15H2,1-5H3,(H,28,32)/t20-,21+,23-,25?/m1/s1. The number of aliphatic hydroxyl groups is 2. The van der Waals surface area contributed by atoms with Crippen LogP contribution in [0.2, 0.25) is 0 Å². The van der Waals surface area contributed by atoms with Gasteiger partial charge in [-0.25, -0.2) is 4.98 Å². The second-order valence-corrected chi connectivity index (χ2v) is 11.2. The van der Waals surface area contributed by atoms with Gasteiger partial charge in [-0.1, -0.05) is 45.0 Å². The average Bonchev–Trinajstić information content (AvgIpc) is 3.42. The summed E-state index contributed by atoms with van der Waals surface area (Å²) in [5.41, 5.74) is 4.70. The van der Waals surface area contributed by atoms with Gasteiger partial charge in [-0.15, -0.1) is 11.3 Å². The van der Waals surface area contributed by atoms with Crippen molar-refractivity contribution in [2.24, 2.45) is 5.41 Å². The van der Waals surface area contributed by atoms with E-state index in [4.69, 9.17) is 4.74 Å². The van der Waals surface area contributed by atoms with Crippen LogP contribution in [0.4, 0.5) is 0 Å². The molecular formula is C26H40N4O4S. The maximum absolute atomic E-state index is 13.1. The summed E-state index contributed by atoms with van der Waals surface area (Å²) in [7, 11) is 1.67. The van der Waals surface area contributed by atoms with Crippen LogP contribution in [0, 0.1) is 12.3 Å². The van der Waals surface area contributed by atoms with Crippen LogP contribution in [0.1, 0.15) is 44.9 Å². The van der Waals surface area contributed by atoms with Gasteiger partial charge >= 0.3 is 0 Å². The van der Waals surface area contributed by atoms with Gasteiger partial charge in [-0.2, -0.15) is 0 Å². The number of aryl methyl sites for hydroxylation is 1. The lowest BCUT2D eigenvalue weighted by molar-refractivity contribution is -0.132. The van der Waals surface area contributed by atoms with E-state index in [1.54, 1.807) is 23.3 Å². The van der Waals surface area contributed by atoms with Gasteiger partial charge in [-0.05, 0) is 42.9 Å². The Morgan fingerprint density at radius 3 is 2.63 bits per heavy atom. The minimum absolute atomic E-state index is 0.185. The molecule has 0 aliphatic carbocycles. The number of rotatable bonds is 11. The van der Waals surface area contributed by atoms with Crippen molar-refractivity contribution in [3.05, 3.63) is 41.0 Å². The van der Waals surface area contributed by atoms with Crippen LogP contribution in [-0.4, -0.2) is 77.2 Å². The molecule has 1 aliphatic heterocycles. The van der Waals surface area contributed by atoms with Crippen molar-refractivity contribution in [1.29, 1.82) is 0 Å². The Kier molecular flexibility index (Phi) is 9.80. The van der Waals surface area contributed by atoms with Crippen molar-refractivity contribution < 1.29 is 19.7 Å². The lowest BCUT2D eigenvalue weighted by atomic mass is 9.85. The molecular weight excluding hydrogens is 464 g/mol. The SMILES string of the molecule is COCCCN[C@H](C(O)N1C[C@H](O)C[C@H]1C(=O)NCc1ccc(-c2scnc2C)cc1)C(C)(C)C. The number of aromatic nitrogens is 1. The highest BCUT2D eigenvalue weighted by Crippen LogP contribution is 2.29. The minimum atomic E-state index is -0.910. The molecule has 1 aromatic carbocycles. The van der Waals surface area contributed by atoms with Crippen LogP contribution in [0.5, 0.6) is 0 Å². The number of ether oxygens (including phenoxy) is 1. The first-order chi connectivity index (χ1) is 16.6. The summed E-state index contributed by atoms with van der Waals surface area (Å²) in [4.78, 5) is 20.3. The van der Waals surface area contributed by atoms with Gasteiger partial charge in [0.15, 0.2) is 0 Å². The van der Waals surface area contributed by atoms with E-state index in [0.29, 0.717) is 26.1 Å². The lowest BCUT2D eigenvalue weighted by Gasteiger charge is -2.41. The van der Waals surface area contributed by atoms with Crippen LogP contribution in [0.25, 0.3) is 10.4 Å². The molecule has 0 radical (unpaired) electrons. The molecule has 194 valence electrons. The predicted molar refractivity (Wildman–Crippen MR) is 139 cm³/mol. The van der Waals surface area contributed by atoms with E-state index in [9.17, 15) is 15.0 Å². The molecule has 4 N–H and O–H groups in total. The number of benzene rings is 1. The molecule has 1 saturated heterocycles. The molecule has 3 rings (SSSR count). The molecule has 8 nitrogen and oxygen atoms in total. The topological polar surface area (TPSA) is 107 Å². The summed E-state index contributed by atoms with van der Waals surface area (Å²) in [5, 5.41) is 28.1. The van der Waals surface area contributed by atoms with E-state index in [1.165, 1.54) is 0 Å². The van der Waals surface area contributed by atoms with Crippen LogP contribution in [0.15, 0.2) is 29.8 Å². The average molecular weight is 505 g/mol. The Balaban J connectivity index is 1.62. The van der Waals surface area contributed by atoms with Gasteiger partial charge in [0.25, 0.3) is 0 Å². The third-order valence-electron chi connectivity index (χ3n) is 6.51. The number of carbonyl (C=O) groups is 1. The van der Waals surface area contributed by atoms with Crippen molar-refractivity contribution in [1.82, 2.24) is 20.5 Å². The van der Waals surface area contributed by atoms with Gasteiger partial charge in [-0.3, -0.25) is 9.69 Å². The number of β-amino-alcohol motifs (C(OH)–C–C–N with tert-alkyl or cyclic N) is 1. The highest BCUT2D eigenvalue weighted by molar-refractivity contribution is 7.13. The van der Waals surface area contributed by atoms with E-state index in [2.05, 4.69) is 36.4 Å². The lowest BCUT2D eigenvalue weighted by Crippen LogP contribution is -2.59. The highest BCUT2D eigenvalue weighted by Gasteiger charge is 2.44. The van der Waals surface area contributed by atoms with E-state index in [1.807, 2.05) is 36.7 Å². The number of thiazole rings is 1. The van der Waals surface area contributed by atoms with Crippen molar-refractivity contribution in [3.63, 3.8) is 0 Å². The number of aliphatic hydroxyl groups excluding tert-OH is 2. The van der Waals surface area contributed by atoms with Crippen molar-refractivity contribution in [2.45, 2.75) is 71.5 Å². The molecule has 1 aromatic heterocycles. The van der Waals surface area contributed by atoms with Crippen molar-refractivity contribution >= 4 is 17.2 Å². The summed E-state index contributed by atoms with van der Waals surface area (Å²) >= 11 is 1.61. The highest BCUT2D eigenvalue weighted by atomic mass is 32.1. The van der Waals surface area contributed by atoms with Gasteiger partial charge < -0.3 is 25.6 Å². The van der Waals surface area contributed by atoms with E-state index in [0.717, 1.165) is 28.1 Å². The predicted octanol–water partition coefficient (Wildman–Crippen LogP) is 2.53. The number of methoxy groups -OCH3 is 1. The Morgan fingerprint density at radius 1 is 1.31 bits per heavy atom. The zero-order valence-corrected chi connectivity index (χ0v) is 22.3. The Bertz CT molecular complexity index is 944. The number of carbonyl (C=O) groups excluding carboxylic acids is 1. The van der Waals surface area contributed by atoms with Crippen molar-refractivity contribution in [2.75, 3.05) is 26.8 Å². The summed E-state index contributed by atoms with van der Waals surface area (Å²) in [5.74, 6) is -0.185. The molecule has 2 heterocycles. The molecule has 9 heteroatoms. The first-order valence-corrected chi connectivity index (χ1v) is 13.1. The van der Waals surface area contributed by atoms with Crippen LogP contribution in [0.3, 0.4) is 0 Å². The third kappa shape index (κ3) is 7.31. The fraction of sp³-hybridized carbons (Fsp3) is 0.615. The smallest absolute Gasteiger partial charge is 0.237 e. The Morgan fingerprint density at radius 2 is 2.03 bits per heavy atom. The maximum Gasteiger partial charge on any atom is 0.237 e. The molecule has 4 atom stereocenters. The second-order valence-electron chi connectivity index (χ2n) is 10.3. The fourth-order valence-electron chi connectivity index (χ4n) is 4.57. The number of likely N-dealkylation sites (tertiary alicyclic amines) is 1. The summed E-state index contributed by atoms with van der Waals surface area (Å²) in [6, 6.07) is 7.23. The number of hydrogen-bond acceptors (Lipinski definition) is 8. The normalized spacial score (nSPS) is 20.7. The van der Waals surface area contributed by atoms with Crippen molar-refractivity contribution in [3.8, 4) is 10.4 Å². The van der Waals surface area contributed by atoms with E-state index < -0.39 is 18.4 Å². The fourth-order valence-corrected chi connectivity index (χ4v) is 5.38. The Hall–Kier alpha value is -1.88. The quantitative estimate of drug-likeness (QED) is 0.349. The van der Waals surface area contributed by atoms with Gasteiger partial charge in [0.2, 0.25) is 5.91 Å². The molecule has 1 fully saturated rings. The molecule has 1 amide bonds. The molecule has 1 unspecified atom stereocenters. The van der Waals surface area contributed by atoms with Gasteiger partial charge in [0.05, 0.1) is 34.3 Å². The molecule has 0 saturated carbocycles. The zero-order valence-electron chi connectivity index (χ0n) is 21.5. The summed E-state index contributed by atoms with van der Waals surface area (Å²) < 4.78 is 5.12. The number of nitrogens with one attached hydrogen (secondary N) is 2. The molecule has 0 bridgehead atoms. The summed E-state index contributed by atoms with van der Waals surface area (Å²) in [6.45, 7) is 10.1. The van der Waals surface area contributed by atoms with Crippen LogP contribution in [-0.2, 0) is 16.1 Å². The maximum atomic E-state index is 13.1. The number of amides is 1. The van der Waals surface area contributed by atoms with E-state index in [-0.39, 0.29) is 23.9 Å². The zero-order chi connectivity index (χ0) is 25.6. The molecule has 1 aliphatic rings. The number of hydrogen-bond donors (Lipinski definition) is 4. The minimum Gasteiger partial charge on any atom is -0.392 e. The molecule has 2 aromatic rings. The summed E-state index contributed by atoms with van der Waals surface area (Å²) in [6.07, 6.45) is -0.444. The largest absolute Gasteiger partial charge is 0.392 e. The van der Waals surface area contributed by atoms with Gasteiger partial charge in [0, 0.05) is 26.8 Å². The number of nitrogens with zero attached hydrogens (tertiary/aromatic N) is 2. The second kappa shape index (κ2) is 12.4. The molecule has 35 heavy (non-hydrogen) atoms. The first-order valence-electron chi connectivity index (χ1n) is 12.2. The Labute approximate surface area is 212 Å². The van der Waals surface area contributed by atoms with Gasteiger partial charge in [0.1, 0.15) is 6.23 Å². The first kappa shape index (κ1) is 27.7. The third-order valence-corrected chi connectivity index (χ3v) is 7.49. The van der Waals surface area contributed by atoms with Crippen LogP contribution >= 0.6 is 11.3 Å². The van der Waals surface area contributed by atoms with Crippen LogP contribution < -0.4 is 10.6 Å². The molecule has 0 spiro atoms.